The van der Waals surface area contributed by atoms with E-state index in [2.05, 4.69) is 15.0 Å². The molecule has 0 saturated heterocycles. The minimum Gasteiger partial charge on any atom is -0.395 e. The number of rotatable bonds is 3. The first-order valence-electron chi connectivity index (χ1n) is 3.91. The quantitative estimate of drug-likeness (QED) is 0.767. The van der Waals surface area contributed by atoms with Crippen molar-refractivity contribution >= 4 is 11.3 Å². The summed E-state index contributed by atoms with van der Waals surface area (Å²) in [6, 6.07) is 0. The van der Waals surface area contributed by atoms with E-state index in [0.717, 1.165) is 10.8 Å². The number of aromatic nitrogens is 3. The fraction of sp³-hybridized carbons (Fsp3) is 0.250. The van der Waals surface area contributed by atoms with Gasteiger partial charge < -0.3 is 10.1 Å². The van der Waals surface area contributed by atoms with Gasteiger partial charge >= 0.3 is 0 Å². The number of aliphatic hydroxyl groups is 1. The SMILES string of the molecule is OCC(c1ncc[nH]1)c1nccs1. The number of hydrogen-bond donors (Lipinski definition) is 2. The van der Waals surface area contributed by atoms with Crippen molar-refractivity contribution < 1.29 is 5.11 Å². The molecule has 1 atom stereocenters. The molecule has 0 fully saturated rings. The smallest absolute Gasteiger partial charge is 0.118 e. The van der Waals surface area contributed by atoms with Crippen molar-refractivity contribution in [2.24, 2.45) is 0 Å². The molecule has 0 aliphatic carbocycles. The highest BCUT2D eigenvalue weighted by atomic mass is 32.1. The van der Waals surface area contributed by atoms with Crippen LogP contribution in [0.4, 0.5) is 0 Å². The molecule has 0 saturated carbocycles. The van der Waals surface area contributed by atoms with E-state index in [4.69, 9.17) is 0 Å². The van der Waals surface area contributed by atoms with Crippen molar-refractivity contribution in [3.8, 4) is 0 Å². The third-order valence-corrected chi connectivity index (χ3v) is 2.67. The van der Waals surface area contributed by atoms with Crippen LogP contribution < -0.4 is 0 Å². The normalized spacial score (nSPS) is 13.0. The van der Waals surface area contributed by atoms with Gasteiger partial charge in [-0.25, -0.2) is 9.97 Å². The number of imidazole rings is 1. The van der Waals surface area contributed by atoms with E-state index in [1.807, 2.05) is 5.38 Å². The van der Waals surface area contributed by atoms with E-state index in [1.165, 1.54) is 11.3 Å². The molecule has 0 radical (unpaired) electrons. The maximum absolute atomic E-state index is 9.18. The molecule has 2 aromatic heterocycles. The van der Waals surface area contributed by atoms with Crippen molar-refractivity contribution in [3.05, 3.63) is 34.8 Å². The minimum absolute atomic E-state index is 0.0288. The Morgan fingerprint density at radius 1 is 1.46 bits per heavy atom. The highest BCUT2D eigenvalue weighted by Crippen LogP contribution is 2.22. The van der Waals surface area contributed by atoms with Crippen LogP contribution in [-0.4, -0.2) is 26.7 Å². The predicted molar refractivity (Wildman–Crippen MR) is 49.6 cm³/mol. The fourth-order valence-electron chi connectivity index (χ4n) is 1.16. The average Bonchev–Trinajstić information content (AvgIpc) is 2.76. The van der Waals surface area contributed by atoms with E-state index < -0.39 is 0 Å². The van der Waals surface area contributed by atoms with Crippen LogP contribution in [0.5, 0.6) is 0 Å². The highest BCUT2D eigenvalue weighted by molar-refractivity contribution is 7.09. The number of H-pyrrole nitrogens is 1. The summed E-state index contributed by atoms with van der Waals surface area (Å²) in [7, 11) is 0. The lowest BCUT2D eigenvalue weighted by molar-refractivity contribution is 0.277. The zero-order chi connectivity index (χ0) is 9.10. The third-order valence-electron chi connectivity index (χ3n) is 1.78. The van der Waals surface area contributed by atoms with Crippen LogP contribution in [0.2, 0.25) is 0 Å². The van der Waals surface area contributed by atoms with Crippen LogP contribution in [0.3, 0.4) is 0 Å². The van der Waals surface area contributed by atoms with E-state index in [9.17, 15) is 5.11 Å². The molecule has 0 spiro atoms. The molecular weight excluding hydrogens is 186 g/mol. The van der Waals surface area contributed by atoms with Crippen LogP contribution >= 0.6 is 11.3 Å². The van der Waals surface area contributed by atoms with Crippen molar-refractivity contribution in [2.75, 3.05) is 6.61 Å². The molecular formula is C8H9N3OS. The summed E-state index contributed by atoms with van der Waals surface area (Å²) in [4.78, 5) is 11.2. The molecule has 13 heavy (non-hydrogen) atoms. The Balaban J connectivity index is 2.29. The zero-order valence-electron chi connectivity index (χ0n) is 6.84. The summed E-state index contributed by atoms with van der Waals surface area (Å²) in [6.07, 6.45) is 5.14. The maximum atomic E-state index is 9.18. The number of thiazole rings is 1. The van der Waals surface area contributed by atoms with Gasteiger partial charge in [-0.3, -0.25) is 0 Å². The van der Waals surface area contributed by atoms with Gasteiger partial charge in [0.05, 0.1) is 12.5 Å². The molecule has 0 aromatic carbocycles. The van der Waals surface area contributed by atoms with Gasteiger partial charge in [0.1, 0.15) is 10.8 Å². The summed E-state index contributed by atoms with van der Waals surface area (Å²) in [5, 5.41) is 12.0. The standard InChI is InChI=1S/C8H9N3OS/c12-5-6(7-9-1-2-10-7)8-11-3-4-13-8/h1-4,6,12H,5H2,(H,9,10). The van der Waals surface area contributed by atoms with Crippen molar-refractivity contribution in [1.82, 2.24) is 15.0 Å². The Morgan fingerprint density at radius 3 is 2.92 bits per heavy atom. The highest BCUT2D eigenvalue weighted by Gasteiger charge is 2.17. The van der Waals surface area contributed by atoms with Crippen LogP contribution in [0.1, 0.15) is 16.7 Å². The van der Waals surface area contributed by atoms with E-state index in [1.54, 1.807) is 18.6 Å². The van der Waals surface area contributed by atoms with E-state index in [-0.39, 0.29) is 12.5 Å². The number of aliphatic hydroxyl groups excluding tert-OH is 1. The monoisotopic (exact) mass is 195 g/mol. The lowest BCUT2D eigenvalue weighted by Crippen LogP contribution is -2.07. The molecule has 68 valence electrons. The Labute approximate surface area is 79.3 Å². The number of aromatic amines is 1. The second kappa shape index (κ2) is 3.68. The third kappa shape index (κ3) is 1.61. The first kappa shape index (κ1) is 8.40. The van der Waals surface area contributed by atoms with Gasteiger partial charge in [-0.2, -0.15) is 0 Å². The summed E-state index contributed by atoms with van der Waals surface area (Å²) in [5.74, 6) is 0.646. The van der Waals surface area contributed by atoms with Gasteiger partial charge in [0.15, 0.2) is 0 Å². The molecule has 5 heteroatoms. The van der Waals surface area contributed by atoms with E-state index >= 15 is 0 Å². The van der Waals surface area contributed by atoms with Gasteiger partial charge in [-0.1, -0.05) is 0 Å². The van der Waals surface area contributed by atoms with Crippen molar-refractivity contribution in [2.45, 2.75) is 5.92 Å². The molecule has 0 aliphatic rings. The van der Waals surface area contributed by atoms with E-state index in [0.29, 0.717) is 0 Å². The van der Waals surface area contributed by atoms with Crippen LogP contribution in [0.15, 0.2) is 24.0 Å². The van der Waals surface area contributed by atoms with Gasteiger partial charge in [-0.05, 0) is 0 Å². The van der Waals surface area contributed by atoms with Gasteiger partial charge in [-0.15, -0.1) is 11.3 Å². The molecule has 4 nitrogen and oxygen atoms in total. The molecule has 0 aliphatic heterocycles. The molecule has 2 rings (SSSR count). The topological polar surface area (TPSA) is 61.8 Å². The summed E-state index contributed by atoms with van der Waals surface area (Å²) >= 11 is 1.52. The Hall–Kier alpha value is -1.20. The van der Waals surface area contributed by atoms with Crippen LogP contribution in [0, 0.1) is 0 Å². The largest absolute Gasteiger partial charge is 0.395 e. The maximum Gasteiger partial charge on any atom is 0.118 e. The average molecular weight is 195 g/mol. The van der Waals surface area contributed by atoms with Gasteiger partial charge in [0, 0.05) is 24.0 Å². The number of nitrogens with zero attached hydrogens (tertiary/aromatic N) is 2. The molecule has 0 amide bonds. The first-order valence-corrected chi connectivity index (χ1v) is 4.79. The predicted octanol–water partition coefficient (Wildman–Crippen LogP) is 0.990. The number of nitrogens with one attached hydrogen (secondary N) is 1. The second-order valence-corrected chi connectivity index (χ2v) is 3.51. The Kier molecular flexibility index (Phi) is 2.37. The number of hydrogen-bond acceptors (Lipinski definition) is 4. The minimum atomic E-state index is -0.116. The van der Waals surface area contributed by atoms with Gasteiger partial charge in [0.2, 0.25) is 0 Å². The second-order valence-electron chi connectivity index (χ2n) is 2.58. The van der Waals surface area contributed by atoms with Crippen molar-refractivity contribution in [1.29, 1.82) is 0 Å². The zero-order valence-corrected chi connectivity index (χ0v) is 7.66. The fourth-order valence-corrected chi connectivity index (χ4v) is 1.89. The van der Waals surface area contributed by atoms with Crippen molar-refractivity contribution in [3.63, 3.8) is 0 Å². The summed E-state index contributed by atoms with van der Waals surface area (Å²) in [5.41, 5.74) is 0. The lowest BCUT2D eigenvalue weighted by Gasteiger charge is -2.06. The molecule has 0 bridgehead atoms. The summed E-state index contributed by atoms with van der Waals surface area (Å²) < 4.78 is 0. The molecule has 1 unspecified atom stereocenters. The lowest BCUT2D eigenvalue weighted by atomic mass is 10.1. The summed E-state index contributed by atoms with van der Waals surface area (Å²) in [6.45, 7) is 0.0288. The first-order chi connectivity index (χ1) is 6.42. The van der Waals surface area contributed by atoms with Crippen LogP contribution in [-0.2, 0) is 0 Å². The molecule has 2 heterocycles. The molecule has 2 aromatic rings. The van der Waals surface area contributed by atoms with Crippen LogP contribution in [0.25, 0.3) is 0 Å². The van der Waals surface area contributed by atoms with Gasteiger partial charge in [0.25, 0.3) is 0 Å². The molecule has 2 N–H and O–H groups in total. The Bertz CT molecular complexity index is 309. The Morgan fingerprint density at radius 2 is 2.38 bits per heavy atom.